The zero-order valence-corrected chi connectivity index (χ0v) is 14.9. The molecule has 2 N–H and O–H groups in total. The summed E-state index contributed by atoms with van der Waals surface area (Å²) in [7, 11) is 0. The molecule has 21 heavy (non-hydrogen) atoms. The van der Waals surface area contributed by atoms with E-state index < -0.39 is 5.60 Å². The molecule has 0 spiro atoms. The molecule has 124 valence electrons. The van der Waals surface area contributed by atoms with Crippen LogP contribution in [0.4, 0.5) is 4.79 Å². The summed E-state index contributed by atoms with van der Waals surface area (Å²) in [5.41, 5.74) is -0.356. The largest absolute Gasteiger partial charge is 0.444 e. The van der Waals surface area contributed by atoms with Gasteiger partial charge in [0.25, 0.3) is 0 Å². The first kappa shape index (κ1) is 18.6. The maximum absolute atomic E-state index is 11.8. The molecule has 4 nitrogen and oxygen atoms in total. The minimum Gasteiger partial charge on any atom is -0.444 e. The van der Waals surface area contributed by atoms with E-state index in [2.05, 4.69) is 17.6 Å². The highest BCUT2D eigenvalue weighted by Gasteiger charge is 2.33. The van der Waals surface area contributed by atoms with Gasteiger partial charge in [0.2, 0.25) is 0 Å². The van der Waals surface area contributed by atoms with Crippen LogP contribution >= 0.6 is 11.8 Å². The molecule has 1 saturated carbocycles. The molecule has 0 aromatic rings. The van der Waals surface area contributed by atoms with Crippen LogP contribution in [-0.4, -0.2) is 41.8 Å². The highest BCUT2D eigenvalue weighted by Crippen LogP contribution is 2.29. The third-order valence-corrected chi connectivity index (χ3v) is 4.69. The predicted octanol–water partition coefficient (Wildman–Crippen LogP) is 3.56. The zero-order valence-electron chi connectivity index (χ0n) is 14.1. The van der Waals surface area contributed by atoms with Gasteiger partial charge in [0.15, 0.2) is 0 Å². The summed E-state index contributed by atoms with van der Waals surface area (Å²) < 4.78 is 5.32. The quantitative estimate of drug-likeness (QED) is 0.672. The Morgan fingerprint density at radius 2 is 1.95 bits per heavy atom. The van der Waals surface area contributed by atoms with Crippen LogP contribution in [0.2, 0.25) is 0 Å². The maximum atomic E-state index is 11.8. The Morgan fingerprint density at radius 3 is 2.52 bits per heavy atom. The first-order valence-corrected chi connectivity index (χ1v) is 9.32. The number of carbonyl (C=O) groups is 1. The van der Waals surface area contributed by atoms with E-state index in [0.29, 0.717) is 6.54 Å². The zero-order chi connectivity index (χ0) is 15.8. The summed E-state index contributed by atoms with van der Waals surface area (Å²) in [6.45, 7) is 9.57. The smallest absolute Gasteiger partial charge is 0.407 e. The number of thioether (sulfide) groups is 1. The normalized spacial score (nSPS) is 17.7. The van der Waals surface area contributed by atoms with E-state index >= 15 is 0 Å². The summed E-state index contributed by atoms with van der Waals surface area (Å²) in [5, 5.41) is 6.63. The molecule has 0 aromatic heterocycles. The molecule has 0 aromatic carbocycles. The second kappa shape index (κ2) is 8.89. The molecule has 0 aliphatic heterocycles. The molecule has 0 bridgehead atoms. The van der Waals surface area contributed by atoms with Gasteiger partial charge in [0.05, 0.1) is 0 Å². The lowest BCUT2D eigenvalue weighted by molar-refractivity contribution is 0.0509. The molecule has 0 atom stereocenters. The SMILES string of the molecule is CCSCCCNC1(CNC(=O)OC(C)(C)C)CCCC1. The van der Waals surface area contributed by atoms with Crippen molar-refractivity contribution in [1.29, 1.82) is 0 Å². The number of alkyl carbamates (subject to hydrolysis) is 1. The van der Waals surface area contributed by atoms with Crippen molar-refractivity contribution in [2.45, 2.75) is 70.9 Å². The van der Waals surface area contributed by atoms with Gasteiger partial charge in [-0.2, -0.15) is 11.8 Å². The first-order valence-electron chi connectivity index (χ1n) is 8.16. The number of nitrogens with one attached hydrogen (secondary N) is 2. The summed E-state index contributed by atoms with van der Waals surface area (Å²) in [6, 6.07) is 0. The van der Waals surface area contributed by atoms with E-state index in [4.69, 9.17) is 4.74 Å². The van der Waals surface area contributed by atoms with Crippen molar-refractivity contribution in [3.8, 4) is 0 Å². The second-order valence-electron chi connectivity index (χ2n) is 6.82. The number of ether oxygens (including phenoxy) is 1. The first-order chi connectivity index (χ1) is 9.87. The predicted molar refractivity (Wildman–Crippen MR) is 91.1 cm³/mol. The summed E-state index contributed by atoms with van der Waals surface area (Å²) in [6.07, 6.45) is 5.65. The Bertz CT molecular complexity index is 310. The molecule has 1 aliphatic carbocycles. The fraction of sp³-hybridized carbons (Fsp3) is 0.938. The lowest BCUT2D eigenvalue weighted by atomic mass is 9.97. The van der Waals surface area contributed by atoms with Crippen molar-refractivity contribution in [2.75, 3.05) is 24.6 Å². The maximum Gasteiger partial charge on any atom is 0.407 e. The monoisotopic (exact) mass is 316 g/mol. The molecule has 0 unspecified atom stereocenters. The van der Waals surface area contributed by atoms with E-state index in [1.54, 1.807) is 0 Å². The Labute approximate surface area is 134 Å². The molecule has 1 rings (SSSR count). The summed E-state index contributed by atoms with van der Waals surface area (Å²) in [5.74, 6) is 2.39. The van der Waals surface area contributed by atoms with Gasteiger partial charge in [-0.05, 0) is 58.1 Å². The lowest BCUT2D eigenvalue weighted by Gasteiger charge is -2.31. The average molecular weight is 317 g/mol. The van der Waals surface area contributed by atoms with Crippen LogP contribution in [0.3, 0.4) is 0 Å². The summed E-state index contributed by atoms with van der Waals surface area (Å²) in [4.78, 5) is 11.8. The van der Waals surface area contributed by atoms with Crippen molar-refractivity contribution in [2.24, 2.45) is 0 Å². The summed E-state index contributed by atoms with van der Waals surface area (Å²) >= 11 is 1.98. The van der Waals surface area contributed by atoms with Gasteiger partial charge in [0, 0.05) is 12.1 Å². The van der Waals surface area contributed by atoms with E-state index in [1.807, 2.05) is 32.5 Å². The second-order valence-corrected chi connectivity index (χ2v) is 8.21. The number of amides is 1. The van der Waals surface area contributed by atoms with Gasteiger partial charge < -0.3 is 15.4 Å². The third-order valence-electron chi connectivity index (χ3n) is 3.70. The van der Waals surface area contributed by atoms with Crippen LogP contribution in [0.15, 0.2) is 0 Å². The molecule has 1 fully saturated rings. The molecular formula is C16H32N2O2S. The van der Waals surface area contributed by atoms with Crippen molar-refractivity contribution >= 4 is 17.9 Å². The van der Waals surface area contributed by atoms with Gasteiger partial charge >= 0.3 is 6.09 Å². The molecular weight excluding hydrogens is 284 g/mol. The van der Waals surface area contributed by atoms with Crippen molar-refractivity contribution < 1.29 is 9.53 Å². The van der Waals surface area contributed by atoms with Crippen molar-refractivity contribution in [3.63, 3.8) is 0 Å². The molecule has 5 heteroatoms. The Hall–Kier alpha value is -0.420. The molecule has 0 heterocycles. The minimum absolute atomic E-state index is 0.0772. The average Bonchev–Trinajstić information content (AvgIpc) is 2.84. The van der Waals surface area contributed by atoms with E-state index in [0.717, 1.165) is 19.4 Å². The van der Waals surface area contributed by atoms with Gasteiger partial charge in [-0.1, -0.05) is 19.8 Å². The topological polar surface area (TPSA) is 50.4 Å². The van der Waals surface area contributed by atoms with Crippen LogP contribution in [0.5, 0.6) is 0 Å². The van der Waals surface area contributed by atoms with Crippen LogP contribution in [0.25, 0.3) is 0 Å². The van der Waals surface area contributed by atoms with Gasteiger partial charge in [-0.25, -0.2) is 4.79 Å². The van der Waals surface area contributed by atoms with Crippen LogP contribution in [0, 0.1) is 0 Å². The van der Waals surface area contributed by atoms with Crippen LogP contribution in [0.1, 0.15) is 59.8 Å². The molecule has 1 aliphatic rings. The Morgan fingerprint density at radius 1 is 1.29 bits per heavy atom. The standard InChI is InChI=1S/C16H32N2O2S/c1-5-21-12-8-11-18-16(9-6-7-10-16)13-17-14(19)20-15(2,3)4/h18H,5-13H2,1-4H3,(H,17,19). The Balaban J connectivity index is 2.33. The van der Waals surface area contributed by atoms with Crippen molar-refractivity contribution in [1.82, 2.24) is 10.6 Å². The van der Waals surface area contributed by atoms with Gasteiger partial charge in [0.1, 0.15) is 5.60 Å². The highest BCUT2D eigenvalue weighted by atomic mass is 32.2. The number of carbonyl (C=O) groups excluding carboxylic acids is 1. The lowest BCUT2D eigenvalue weighted by Crippen LogP contribution is -2.52. The Kier molecular flexibility index (Phi) is 7.88. The van der Waals surface area contributed by atoms with E-state index in [1.165, 1.54) is 30.8 Å². The molecule has 1 amide bonds. The van der Waals surface area contributed by atoms with E-state index in [-0.39, 0.29) is 11.6 Å². The third kappa shape index (κ3) is 7.96. The van der Waals surface area contributed by atoms with Crippen LogP contribution in [-0.2, 0) is 4.74 Å². The van der Waals surface area contributed by atoms with Crippen LogP contribution < -0.4 is 10.6 Å². The van der Waals surface area contributed by atoms with Crippen molar-refractivity contribution in [3.05, 3.63) is 0 Å². The highest BCUT2D eigenvalue weighted by molar-refractivity contribution is 7.99. The number of rotatable bonds is 8. The fourth-order valence-electron chi connectivity index (χ4n) is 2.70. The molecule has 0 saturated heterocycles. The van der Waals surface area contributed by atoms with Gasteiger partial charge in [-0.3, -0.25) is 0 Å². The number of hydrogen-bond donors (Lipinski definition) is 2. The number of hydrogen-bond acceptors (Lipinski definition) is 4. The van der Waals surface area contributed by atoms with Gasteiger partial charge in [-0.15, -0.1) is 0 Å². The van der Waals surface area contributed by atoms with E-state index in [9.17, 15) is 4.79 Å². The fourth-order valence-corrected chi connectivity index (χ4v) is 3.33. The minimum atomic E-state index is -0.433. The molecule has 0 radical (unpaired) electrons.